The molecule has 2 aromatic heterocycles. The monoisotopic (exact) mass is 333 g/mol. The number of carbonyl (C=O) groups is 1. The van der Waals surface area contributed by atoms with E-state index >= 15 is 0 Å². The predicted molar refractivity (Wildman–Crippen MR) is 97.6 cm³/mol. The van der Waals surface area contributed by atoms with Crippen molar-refractivity contribution in [2.24, 2.45) is 0 Å². The van der Waals surface area contributed by atoms with Crippen LogP contribution in [0.15, 0.2) is 42.5 Å². The molecule has 0 aliphatic heterocycles. The summed E-state index contributed by atoms with van der Waals surface area (Å²) in [5.41, 5.74) is 4.44. The molecule has 4 aromatic rings. The van der Waals surface area contributed by atoms with Crippen molar-refractivity contribution in [1.82, 2.24) is 25.5 Å². The fourth-order valence-electron chi connectivity index (χ4n) is 2.97. The van der Waals surface area contributed by atoms with Crippen LogP contribution in [0.5, 0.6) is 0 Å². The van der Waals surface area contributed by atoms with Gasteiger partial charge in [0.05, 0.1) is 16.6 Å². The van der Waals surface area contributed by atoms with Crippen LogP contribution in [0.25, 0.3) is 21.9 Å². The molecule has 0 aliphatic rings. The highest BCUT2D eigenvalue weighted by Gasteiger charge is 2.13. The number of fused-ring (bicyclic) bond motifs is 2. The Hall–Kier alpha value is -3.15. The van der Waals surface area contributed by atoms with Crippen molar-refractivity contribution in [1.29, 1.82) is 0 Å². The minimum atomic E-state index is -0.151. The lowest BCUT2D eigenvalue weighted by molar-refractivity contribution is 0.0949. The van der Waals surface area contributed by atoms with E-state index in [4.69, 9.17) is 0 Å². The first kappa shape index (κ1) is 15.4. The zero-order valence-corrected chi connectivity index (χ0v) is 14.0. The van der Waals surface area contributed by atoms with E-state index in [-0.39, 0.29) is 5.91 Å². The molecule has 0 spiro atoms. The Kier molecular flexibility index (Phi) is 3.93. The largest absolute Gasteiger partial charge is 0.351 e. The van der Waals surface area contributed by atoms with E-state index in [1.165, 1.54) is 0 Å². The van der Waals surface area contributed by atoms with Crippen LogP contribution < -0.4 is 5.32 Å². The maximum atomic E-state index is 12.4. The summed E-state index contributed by atoms with van der Waals surface area (Å²) in [6.45, 7) is 2.58. The Morgan fingerprint density at radius 1 is 1.16 bits per heavy atom. The molecule has 2 aromatic carbocycles. The van der Waals surface area contributed by atoms with E-state index in [0.717, 1.165) is 46.2 Å². The van der Waals surface area contributed by atoms with E-state index in [9.17, 15) is 4.79 Å². The number of aromatic nitrogens is 4. The molecule has 0 saturated heterocycles. The number of hydrogen-bond donors (Lipinski definition) is 3. The fourth-order valence-corrected chi connectivity index (χ4v) is 2.97. The highest BCUT2D eigenvalue weighted by Crippen LogP contribution is 2.17. The number of aromatic amines is 2. The summed E-state index contributed by atoms with van der Waals surface area (Å²) in [7, 11) is 0. The van der Waals surface area contributed by atoms with Gasteiger partial charge in [-0.1, -0.05) is 23.8 Å². The number of amides is 1. The third-order valence-electron chi connectivity index (χ3n) is 4.25. The number of imidazole rings is 1. The van der Waals surface area contributed by atoms with Crippen LogP contribution in [0.3, 0.4) is 0 Å². The van der Waals surface area contributed by atoms with Gasteiger partial charge >= 0.3 is 0 Å². The number of hydrogen-bond acceptors (Lipinski definition) is 3. The molecular formula is C19H19N5O. The van der Waals surface area contributed by atoms with Gasteiger partial charge < -0.3 is 10.3 Å². The number of carbonyl (C=O) groups excluding carboxylic acids is 1. The molecule has 0 aliphatic carbocycles. The molecular weight excluding hydrogens is 314 g/mol. The van der Waals surface area contributed by atoms with Crippen LogP contribution in [0.2, 0.25) is 0 Å². The molecule has 6 nitrogen and oxygen atoms in total. The minimum absolute atomic E-state index is 0.151. The molecule has 1 amide bonds. The number of benzene rings is 2. The van der Waals surface area contributed by atoms with Gasteiger partial charge in [0.1, 0.15) is 5.82 Å². The normalized spacial score (nSPS) is 11.2. The number of nitrogens with zero attached hydrogens (tertiary/aromatic N) is 2. The second kappa shape index (κ2) is 6.39. The van der Waals surface area contributed by atoms with Crippen molar-refractivity contribution in [3.63, 3.8) is 0 Å². The lowest BCUT2D eigenvalue weighted by atomic mass is 10.1. The number of para-hydroxylation sites is 2. The van der Waals surface area contributed by atoms with Crippen molar-refractivity contribution in [3.05, 3.63) is 59.5 Å². The van der Waals surface area contributed by atoms with E-state index in [2.05, 4.69) is 25.5 Å². The van der Waals surface area contributed by atoms with Gasteiger partial charge in [-0.3, -0.25) is 9.89 Å². The van der Waals surface area contributed by atoms with E-state index in [1.807, 2.05) is 49.4 Å². The van der Waals surface area contributed by atoms with Gasteiger partial charge in [-0.05, 0) is 37.6 Å². The van der Waals surface area contributed by atoms with Crippen LogP contribution in [-0.2, 0) is 6.42 Å². The van der Waals surface area contributed by atoms with Crippen molar-refractivity contribution < 1.29 is 4.79 Å². The average molecular weight is 333 g/mol. The zero-order chi connectivity index (χ0) is 17.2. The van der Waals surface area contributed by atoms with Crippen molar-refractivity contribution in [2.45, 2.75) is 19.8 Å². The quantitative estimate of drug-likeness (QED) is 0.490. The maximum Gasteiger partial charge on any atom is 0.272 e. The molecule has 0 atom stereocenters. The second-order valence-electron chi connectivity index (χ2n) is 6.18. The van der Waals surface area contributed by atoms with Gasteiger partial charge in [-0.2, -0.15) is 5.10 Å². The lowest BCUT2D eigenvalue weighted by Crippen LogP contribution is -2.25. The minimum Gasteiger partial charge on any atom is -0.351 e. The molecule has 2 heterocycles. The van der Waals surface area contributed by atoms with Crippen molar-refractivity contribution in [3.8, 4) is 0 Å². The second-order valence-corrected chi connectivity index (χ2v) is 6.18. The van der Waals surface area contributed by atoms with Gasteiger partial charge in [-0.25, -0.2) is 4.98 Å². The summed E-state index contributed by atoms with van der Waals surface area (Å²) in [6.07, 6.45) is 1.60. The first-order chi connectivity index (χ1) is 12.2. The zero-order valence-electron chi connectivity index (χ0n) is 14.0. The Balaban J connectivity index is 1.36. The molecule has 25 heavy (non-hydrogen) atoms. The molecule has 6 heteroatoms. The molecule has 0 fully saturated rings. The summed E-state index contributed by atoms with van der Waals surface area (Å²) in [6, 6.07) is 13.9. The number of rotatable bonds is 5. The Morgan fingerprint density at radius 2 is 2.04 bits per heavy atom. The third-order valence-corrected chi connectivity index (χ3v) is 4.25. The summed E-state index contributed by atoms with van der Waals surface area (Å²) in [5, 5.41) is 10.8. The Labute approximate surface area is 144 Å². The number of aryl methyl sites for hydroxylation is 2. The standard InChI is InChI=1S/C19H19N5O/c1-12-8-9-14-13(11-12)18(24-23-14)19(25)20-10-4-7-17-21-15-5-2-3-6-16(15)22-17/h2-3,5-6,8-9,11H,4,7,10H2,1H3,(H,20,25)(H,21,22)(H,23,24). The van der Waals surface area contributed by atoms with Gasteiger partial charge in [-0.15, -0.1) is 0 Å². The predicted octanol–water partition coefficient (Wildman–Crippen LogP) is 3.11. The number of nitrogens with one attached hydrogen (secondary N) is 3. The molecule has 4 rings (SSSR count). The van der Waals surface area contributed by atoms with Crippen LogP contribution in [0.4, 0.5) is 0 Å². The first-order valence-electron chi connectivity index (χ1n) is 8.37. The molecule has 0 bridgehead atoms. The molecule has 126 valence electrons. The van der Waals surface area contributed by atoms with Gasteiger partial charge in [0, 0.05) is 18.4 Å². The molecule has 0 unspecified atom stereocenters. The van der Waals surface area contributed by atoms with E-state index < -0.39 is 0 Å². The fraction of sp³-hybridized carbons (Fsp3) is 0.211. The highest BCUT2D eigenvalue weighted by atomic mass is 16.1. The number of H-pyrrole nitrogens is 2. The summed E-state index contributed by atoms with van der Waals surface area (Å²) in [4.78, 5) is 20.2. The average Bonchev–Trinajstić information content (AvgIpc) is 3.21. The topological polar surface area (TPSA) is 86.5 Å². The maximum absolute atomic E-state index is 12.4. The van der Waals surface area contributed by atoms with Gasteiger partial charge in [0.15, 0.2) is 5.69 Å². The summed E-state index contributed by atoms with van der Waals surface area (Å²) < 4.78 is 0. The molecule has 0 saturated carbocycles. The van der Waals surface area contributed by atoms with Crippen molar-refractivity contribution >= 4 is 27.8 Å². The Morgan fingerprint density at radius 3 is 2.92 bits per heavy atom. The van der Waals surface area contributed by atoms with Gasteiger partial charge in [0.25, 0.3) is 5.91 Å². The van der Waals surface area contributed by atoms with E-state index in [0.29, 0.717) is 12.2 Å². The van der Waals surface area contributed by atoms with Crippen LogP contribution >= 0.6 is 0 Å². The summed E-state index contributed by atoms with van der Waals surface area (Å²) >= 11 is 0. The molecule has 0 radical (unpaired) electrons. The first-order valence-corrected chi connectivity index (χ1v) is 8.37. The summed E-state index contributed by atoms with van der Waals surface area (Å²) in [5.74, 6) is 0.790. The van der Waals surface area contributed by atoms with E-state index in [1.54, 1.807) is 0 Å². The Bertz CT molecular complexity index is 1010. The van der Waals surface area contributed by atoms with Crippen molar-refractivity contribution in [2.75, 3.05) is 6.54 Å². The highest BCUT2D eigenvalue weighted by molar-refractivity contribution is 6.04. The van der Waals surface area contributed by atoms with Crippen LogP contribution in [0, 0.1) is 6.92 Å². The lowest BCUT2D eigenvalue weighted by Gasteiger charge is -2.03. The smallest absolute Gasteiger partial charge is 0.272 e. The third kappa shape index (κ3) is 3.10. The SMILES string of the molecule is Cc1ccc2[nH]nc(C(=O)NCCCc3nc4ccccc4[nH]3)c2c1. The van der Waals surface area contributed by atoms with Gasteiger partial charge in [0.2, 0.25) is 0 Å². The van der Waals surface area contributed by atoms with Crippen LogP contribution in [-0.4, -0.2) is 32.6 Å². The van der Waals surface area contributed by atoms with Crippen LogP contribution in [0.1, 0.15) is 28.3 Å². The molecule has 3 N–H and O–H groups in total.